The van der Waals surface area contributed by atoms with E-state index in [2.05, 4.69) is 15.6 Å². The summed E-state index contributed by atoms with van der Waals surface area (Å²) in [7, 11) is 1.63. The molecule has 0 unspecified atom stereocenters. The van der Waals surface area contributed by atoms with Gasteiger partial charge < -0.3 is 5.43 Å². The summed E-state index contributed by atoms with van der Waals surface area (Å²) in [6.45, 7) is 0. The van der Waals surface area contributed by atoms with Gasteiger partial charge in [-0.2, -0.15) is 5.10 Å². The molecule has 0 aromatic carbocycles. The molecule has 5 heteroatoms. The van der Waals surface area contributed by atoms with Crippen LogP contribution in [0.1, 0.15) is 0 Å². The second-order valence-electron chi connectivity index (χ2n) is 1.41. The van der Waals surface area contributed by atoms with Gasteiger partial charge in [0.15, 0.2) is 0 Å². The van der Waals surface area contributed by atoms with E-state index in [1.807, 2.05) is 0 Å². The van der Waals surface area contributed by atoms with Gasteiger partial charge in [0, 0.05) is 7.05 Å². The largest absolute Gasteiger partial charge is 0.325 e. The number of hydrogen-bond donors (Lipinski definition) is 1. The Morgan fingerprint density at radius 1 is 1.67 bits per heavy atom. The Bertz CT molecular complexity index is 242. The van der Waals surface area contributed by atoms with Crippen LogP contribution in [-0.4, -0.2) is 21.9 Å². The summed E-state index contributed by atoms with van der Waals surface area (Å²) in [6, 6.07) is 0. The minimum absolute atomic E-state index is 0.215. The van der Waals surface area contributed by atoms with Crippen molar-refractivity contribution < 1.29 is 0 Å². The minimum Gasteiger partial charge on any atom is -0.325 e. The van der Waals surface area contributed by atoms with Gasteiger partial charge in [0.05, 0.1) is 0 Å². The topological polar surface area (TPSA) is 59.8 Å². The molecule has 0 aliphatic rings. The van der Waals surface area contributed by atoms with Crippen molar-refractivity contribution in [3.8, 4) is 0 Å². The number of aromatic nitrogens is 3. The Balaban J connectivity index is 3.16. The van der Waals surface area contributed by atoms with Crippen molar-refractivity contribution >= 4 is 0 Å². The van der Waals surface area contributed by atoms with Crippen LogP contribution in [-0.2, 0) is 0 Å². The SMILES string of the molecule is CNn1cnncc1=O. The maximum absolute atomic E-state index is 10.6. The molecule has 0 fully saturated rings. The summed E-state index contributed by atoms with van der Waals surface area (Å²) in [6.07, 6.45) is 2.44. The van der Waals surface area contributed by atoms with Crippen molar-refractivity contribution in [1.29, 1.82) is 0 Å². The Morgan fingerprint density at radius 3 is 2.89 bits per heavy atom. The Hall–Kier alpha value is -1.39. The minimum atomic E-state index is -0.215. The van der Waals surface area contributed by atoms with Gasteiger partial charge in [-0.05, 0) is 0 Å². The monoisotopic (exact) mass is 126 g/mol. The van der Waals surface area contributed by atoms with Crippen molar-refractivity contribution in [3.63, 3.8) is 0 Å². The first-order valence-corrected chi connectivity index (χ1v) is 2.41. The van der Waals surface area contributed by atoms with Crippen molar-refractivity contribution in [3.05, 3.63) is 22.9 Å². The number of nitrogens with zero attached hydrogens (tertiary/aromatic N) is 3. The lowest BCUT2D eigenvalue weighted by Crippen LogP contribution is -2.26. The average molecular weight is 126 g/mol. The molecule has 0 radical (unpaired) electrons. The van der Waals surface area contributed by atoms with E-state index in [4.69, 9.17) is 0 Å². The molecule has 5 nitrogen and oxygen atoms in total. The summed E-state index contributed by atoms with van der Waals surface area (Å²) in [5.74, 6) is 0. The summed E-state index contributed by atoms with van der Waals surface area (Å²) in [4.78, 5) is 10.6. The highest BCUT2D eigenvalue weighted by atomic mass is 16.1. The molecule has 0 amide bonds. The van der Waals surface area contributed by atoms with E-state index in [1.54, 1.807) is 7.05 Å². The van der Waals surface area contributed by atoms with E-state index in [-0.39, 0.29) is 5.56 Å². The third kappa shape index (κ3) is 1.04. The highest BCUT2D eigenvalue weighted by Crippen LogP contribution is 1.61. The first kappa shape index (κ1) is 5.74. The van der Waals surface area contributed by atoms with Crippen LogP contribution < -0.4 is 11.0 Å². The molecule has 1 aromatic rings. The maximum atomic E-state index is 10.6. The van der Waals surface area contributed by atoms with E-state index >= 15 is 0 Å². The third-order valence-electron chi connectivity index (χ3n) is 0.880. The predicted molar refractivity (Wildman–Crippen MR) is 31.6 cm³/mol. The summed E-state index contributed by atoms with van der Waals surface area (Å²) in [5, 5.41) is 6.84. The lowest BCUT2D eigenvalue weighted by Gasteiger charge is -1.97. The van der Waals surface area contributed by atoms with Crippen molar-refractivity contribution in [2.24, 2.45) is 0 Å². The van der Waals surface area contributed by atoms with Gasteiger partial charge in [-0.15, -0.1) is 5.10 Å². The summed E-state index contributed by atoms with van der Waals surface area (Å²) in [5.41, 5.74) is 2.38. The number of hydrogen-bond acceptors (Lipinski definition) is 4. The van der Waals surface area contributed by atoms with Crippen LogP contribution in [0.2, 0.25) is 0 Å². The molecule has 1 heterocycles. The molecule has 0 saturated heterocycles. The Kier molecular flexibility index (Phi) is 1.44. The fourth-order valence-electron chi connectivity index (χ4n) is 0.451. The summed E-state index contributed by atoms with van der Waals surface area (Å²) >= 11 is 0. The molecule has 0 spiro atoms. The molecule has 1 aromatic heterocycles. The highest BCUT2D eigenvalue weighted by molar-refractivity contribution is 4.74. The molecule has 0 aliphatic heterocycles. The second kappa shape index (κ2) is 2.25. The van der Waals surface area contributed by atoms with Crippen LogP contribution in [0.3, 0.4) is 0 Å². The van der Waals surface area contributed by atoms with Crippen LogP contribution >= 0.6 is 0 Å². The molecule has 0 bridgehead atoms. The van der Waals surface area contributed by atoms with E-state index in [1.165, 1.54) is 11.0 Å². The van der Waals surface area contributed by atoms with Crippen LogP contribution in [0.4, 0.5) is 0 Å². The highest BCUT2D eigenvalue weighted by Gasteiger charge is 1.86. The van der Waals surface area contributed by atoms with Gasteiger partial charge in [-0.3, -0.25) is 4.79 Å². The zero-order chi connectivity index (χ0) is 6.69. The van der Waals surface area contributed by atoms with E-state index < -0.39 is 0 Å². The molecule has 0 aliphatic carbocycles. The van der Waals surface area contributed by atoms with E-state index in [0.29, 0.717) is 0 Å². The molecule has 9 heavy (non-hydrogen) atoms. The zero-order valence-electron chi connectivity index (χ0n) is 4.90. The van der Waals surface area contributed by atoms with Gasteiger partial charge in [0.2, 0.25) is 0 Å². The Morgan fingerprint density at radius 2 is 2.44 bits per heavy atom. The smallest absolute Gasteiger partial charge is 0.290 e. The van der Waals surface area contributed by atoms with Crippen molar-refractivity contribution in [1.82, 2.24) is 14.9 Å². The molecule has 0 atom stereocenters. The number of rotatable bonds is 1. The van der Waals surface area contributed by atoms with Crippen molar-refractivity contribution in [2.75, 3.05) is 12.5 Å². The standard InChI is InChI=1S/C4H6N4O/c1-5-8-3-7-6-2-4(8)9/h2-3,5H,1H3. The molecule has 0 saturated carbocycles. The quantitative estimate of drug-likeness (QED) is 0.514. The van der Waals surface area contributed by atoms with Gasteiger partial charge in [-0.1, -0.05) is 0 Å². The molecular formula is C4H6N4O. The normalized spacial score (nSPS) is 9.00. The Labute approximate surface area is 51.3 Å². The van der Waals surface area contributed by atoms with Crippen LogP contribution in [0.25, 0.3) is 0 Å². The lowest BCUT2D eigenvalue weighted by atomic mass is 10.8. The average Bonchev–Trinajstić information content (AvgIpc) is 1.89. The van der Waals surface area contributed by atoms with E-state index in [9.17, 15) is 4.79 Å². The molecule has 1 N–H and O–H groups in total. The fourth-order valence-corrected chi connectivity index (χ4v) is 0.451. The third-order valence-corrected chi connectivity index (χ3v) is 0.880. The maximum Gasteiger partial charge on any atom is 0.290 e. The lowest BCUT2D eigenvalue weighted by molar-refractivity contribution is 0.785. The fraction of sp³-hybridized carbons (Fsp3) is 0.250. The molecule has 48 valence electrons. The van der Waals surface area contributed by atoms with Crippen LogP contribution in [0, 0.1) is 0 Å². The van der Waals surface area contributed by atoms with Crippen molar-refractivity contribution in [2.45, 2.75) is 0 Å². The first-order chi connectivity index (χ1) is 4.34. The zero-order valence-corrected chi connectivity index (χ0v) is 4.90. The van der Waals surface area contributed by atoms with Crippen LogP contribution in [0.15, 0.2) is 17.3 Å². The molecular weight excluding hydrogens is 120 g/mol. The van der Waals surface area contributed by atoms with Gasteiger partial charge in [-0.25, -0.2) is 4.68 Å². The first-order valence-electron chi connectivity index (χ1n) is 2.41. The predicted octanol–water partition coefficient (Wildman–Crippen LogP) is -1.19. The molecule has 1 rings (SSSR count). The van der Waals surface area contributed by atoms with Crippen LogP contribution in [0.5, 0.6) is 0 Å². The van der Waals surface area contributed by atoms with Gasteiger partial charge in [0.1, 0.15) is 12.5 Å². The van der Waals surface area contributed by atoms with E-state index in [0.717, 1.165) is 6.20 Å². The summed E-state index contributed by atoms with van der Waals surface area (Å²) < 4.78 is 1.23. The number of nitrogens with one attached hydrogen (secondary N) is 1. The van der Waals surface area contributed by atoms with Gasteiger partial charge in [0.25, 0.3) is 5.56 Å². The second-order valence-corrected chi connectivity index (χ2v) is 1.41. The van der Waals surface area contributed by atoms with Gasteiger partial charge >= 0.3 is 0 Å².